The van der Waals surface area contributed by atoms with Gasteiger partial charge in [0, 0.05) is 12.2 Å². The summed E-state index contributed by atoms with van der Waals surface area (Å²) in [5.74, 6) is 0.0345. The number of carboxylic acids is 1. The number of aryl methyl sites for hydroxylation is 1. The van der Waals surface area contributed by atoms with Gasteiger partial charge in [-0.2, -0.15) is 0 Å². The van der Waals surface area contributed by atoms with Gasteiger partial charge in [0.2, 0.25) is 0 Å². The number of anilines is 1. The van der Waals surface area contributed by atoms with Crippen LogP contribution in [0.25, 0.3) is 0 Å². The Morgan fingerprint density at radius 2 is 2.28 bits per heavy atom. The highest BCUT2D eigenvalue weighted by Crippen LogP contribution is 2.38. The van der Waals surface area contributed by atoms with Crippen molar-refractivity contribution in [1.82, 2.24) is 9.97 Å². The molecule has 5 nitrogen and oxygen atoms in total. The van der Waals surface area contributed by atoms with Crippen LogP contribution < -0.4 is 5.32 Å². The molecule has 0 amide bonds. The Morgan fingerprint density at radius 3 is 2.83 bits per heavy atom. The Balaban J connectivity index is 2.18. The van der Waals surface area contributed by atoms with Crippen molar-refractivity contribution in [2.75, 3.05) is 5.32 Å². The van der Waals surface area contributed by atoms with Crippen LogP contribution in [0.15, 0.2) is 6.20 Å². The number of nitrogens with zero attached hydrogens (tertiary/aromatic N) is 2. The van der Waals surface area contributed by atoms with Gasteiger partial charge in [-0.25, -0.2) is 14.8 Å². The monoisotopic (exact) mass is 249 g/mol. The van der Waals surface area contributed by atoms with Crippen molar-refractivity contribution in [3.63, 3.8) is 0 Å². The number of carboxylic acid groups (broad SMARTS) is 1. The number of hydrogen-bond donors (Lipinski definition) is 2. The summed E-state index contributed by atoms with van der Waals surface area (Å²) >= 11 is 0. The maximum atomic E-state index is 11.1. The zero-order valence-corrected chi connectivity index (χ0v) is 11.0. The first-order valence-electron chi connectivity index (χ1n) is 6.21. The number of aromatic carboxylic acids is 1. The van der Waals surface area contributed by atoms with Crippen LogP contribution in [0.5, 0.6) is 0 Å². The second-order valence-electron chi connectivity index (χ2n) is 5.73. The summed E-state index contributed by atoms with van der Waals surface area (Å²) < 4.78 is 0. The molecule has 1 aromatic rings. The molecule has 0 aliphatic heterocycles. The summed E-state index contributed by atoms with van der Waals surface area (Å²) in [6, 6.07) is 0.299. The number of hydrogen-bond acceptors (Lipinski definition) is 4. The second kappa shape index (κ2) is 4.55. The molecular formula is C13H19N3O2. The van der Waals surface area contributed by atoms with E-state index in [-0.39, 0.29) is 5.56 Å². The molecule has 5 heteroatoms. The van der Waals surface area contributed by atoms with Crippen molar-refractivity contribution in [3.05, 3.63) is 17.6 Å². The number of nitrogens with one attached hydrogen (secondary N) is 1. The Hall–Kier alpha value is -1.65. The Kier molecular flexibility index (Phi) is 3.24. The standard InChI is InChI=1S/C13H19N3O2/c1-8-14-7-10(12(17)18)11(15-8)16-9-4-5-13(2,3)6-9/h7,9H,4-6H2,1-3H3,(H,17,18)(H,14,15,16). The minimum Gasteiger partial charge on any atom is -0.477 e. The molecule has 98 valence electrons. The fourth-order valence-corrected chi connectivity index (χ4v) is 2.49. The average Bonchev–Trinajstić information content (AvgIpc) is 2.57. The second-order valence-corrected chi connectivity index (χ2v) is 5.73. The van der Waals surface area contributed by atoms with Crippen LogP contribution in [0.2, 0.25) is 0 Å². The van der Waals surface area contributed by atoms with E-state index in [0.29, 0.717) is 23.1 Å². The third-order valence-corrected chi connectivity index (χ3v) is 3.45. The summed E-state index contributed by atoms with van der Waals surface area (Å²) in [6.07, 6.45) is 4.61. The van der Waals surface area contributed by atoms with Gasteiger partial charge in [0.05, 0.1) is 0 Å². The first kappa shape index (κ1) is 12.8. The van der Waals surface area contributed by atoms with E-state index in [1.165, 1.54) is 6.20 Å². The van der Waals surface area contributed by atoms with Crippen LogP contribution in [0.1, 0.15) is 49.3 Å². The van der Waals surface area contributed by atoms with E-state index in [0.717, 1.165) is 19.3 Å². The SMILES string of the molecule is Cc1ncc(C(=O)O)c(NC2CCC(C)(C)C2)n1. The molecule has 18 heavy (non-hydrogen) atoms. The molecule has 1 fully saturated rings. The van der Waals surface area contributed by atoms with Gasteiger partial charge >= 0.3 is 5.97 Å². The van der Waals surface area contributed by atoms with Crippen molar-refractivity contribution >= 4 is 11.8 Å². The molecule has 0 aromatic carbocycles. The van der Waals surface area contributed by atoms with Crippen LogP contribution in [0, 0.1) is 12.3 Å². The molecule has 1 aromatic heterocycles. The average molecular weight is 249 g/mol. The fourth-order valence-electron chi connectivity index (χ4n) is 2.49. The summed E-state index contributed by atoms with van der Waals surface area (Å²) in [5, 5.41) is 12.4. The maximum absolute atomic E-state index is 11.1. The van der Waals surface area contributed by atoms with Crippen molar-refractivity contribution in [1.29, 1.82) is 0 Å². The van der Waals surface area contributed by atoms with Crippen LogP contribution >= 0.6 is 0 Å². The summed E-state index contributed by atoms with van der Waals surface area (Å²) in [4.78, 5) is 19.2. The van der Waals surface area contributed by atoms with Gasteiger partial charge in [0.15, 0.2) is 0 Å². The summed E-state index contributed by atoms with van der Waals surface area (Å²) in [7, 11) is 0. The summed E-state index contributed by atoms with van der Waals surface area (Å²) in [5.41, 5.74) is 0.466. The van der Waals surface area contributed by atoms with Crippen LogP contribution in [-0.2, 0) is 0 Å². The van der Waals surface area contributed by atoms with E-state index in [2.05, 4.69) is 29.1 Å². The first-order chi connectivity index (χ1) is 8.37. The van der Waals surface area contributed by atoms with Crippen molar-refractivity contribution in [2.24, 2.45) is 5.41 Å². The highest BCUT2D eigenvalue weighted by Gasteiger charge is 2.31. The zero-order valence-electron chi connectivity index (χ0n) is 11.0. The number of carbonyl (C=O) groups is 1. The van der Waals surface area contributed by atoms with Crippen LogP contribution in [0.4, 0.5) is 5.82 Å². The lowest BCUT2D eigenvalue weighted by Gasteiger charge is -2.19. The predicted molar refractivity (Wildman–Crippen MR) is 68.8 cm³/mol. The van der Waals surface area contributed by atoms with Gasteiger partial charge in [-0.15, -0.1) is 0 Å². The lowest BCUT2D eigenvalue weighted by molar-refractivity contribution is 0.0697. The lowest BCUT2D eigenvalue weighted by atomic mass is 9.92. The van der Waals surface area contributed by atoms with Gasteiger partial charge in [0.25, 0.3) is 0 Å². The molecule has 1 aliphatic carbocycles. The Morgan fingerprint density at radius 1 is 1.56 bits per heavy atom. The molecule has 1 aliphatic rings. The molecule has 2 N–H and O–H groups in total. The minimum atomic E-state index is -0.991. The molecular weight excluding hydrogens is 230 g/mol. The van der Waals surface area contributed by atoms with E-state index < -0.39 is 5.97 Å². The highest BCUT2D eigenvalue weighted by atomic mass is 16.4. The van der Waals surface area contributed by atoms with Gasteiger partial charge in [0.1, 0.15) is 17.2 Å². The number of aromatic nitrogens is 2. The quantitative estimate of drug-likeness (QED) is 0.860. The van der Waals surface area contributed by atoms with Gasteiger partial charge in [-0.1, -0.05) is 13.8 Å². The molecule has 1 atom stereocenters. The van der Waals surface area contributed by atoms with Crippen LogP contribution in [-0.4, -0.2) is 27.1 Å². The van der Waals surface area contributed by atoms with Crippen LogP contribution in [0.3, 0.4) is 0 Å². The van der Waals surface area contributed by atoms with E-state index >= 15 is 0 Å². The van der Waals surface area contributed by atoms with E-state index in [4.69, 9.17) is 5.11 Å². The van der Waals surface area contributed by atoms with Gasteiger partial charge in [-0.3, -0.25) is 0 Å². The molecule has 1 heterocycles. The lowest BCUT2D eigenvalue weighted by Crippen LogP contribution is -2.21. The van der Waals surface area contributed by atoms with E-state index in [9.17, 15) is 4.79 Å². The largest absolute Gasteiger partial charge is 0.477 e. The Labute approximate surface area is 107 Å². The van der Waals surface area contributed by atoms with Gasteiger partial charge in [-0.05, 0) is 31.6 Å². The maximum Gasteiger partial charge on any atom is 0.341 e. The van der Waals surface area contributed by atoms with E-state index in [1.807, 2.05) is 0 Å². The van der Waals surface area contributed by atoms with E-state index in [1.54, 1.807) is 6.92 Å². The molecule has 0 saturated heterocycles. The van der Waals surface area contributed by atoms with Gasteiger partial charge < -0.3 is 10.4 Å². The molecule has 1 saturated carbocycles. The minimum absolute atomic E-state index is 0.144. The number of rotatable bonds is 3. The normalized spacial score (nSPS) is 21.8. The predicted octanol–water partition coefficient (Wildman–Crippen LogP) is 2.47. The molecule has 0 bridgehead atoms. The molecule has 0 radical (unpaired) electrons. The van der Waals surface area contributed by atoms with Crippen molar-refractivity contribution in [3.8, 4) is 0 Å². The highest BCUT2D eigenvalue weighted by molar-refractivity contribution is 5.92. The summed E-state index contributed by atoms with van der Waals surface area (Å²) in [6.45, 7) is 6.23. The Bertz CT molecular complexity index is 471. The topological polar surface area (TPSA) is 75.1 Å². The fraction of sp³-hybridized carbons (Fsp3) is 0.615. The third-order valence-electron chi connectivity index (χ3n) is 3.45. The molecule has 2 rings (SSSR count). The van der Waals surface area contributed by atoms with Crippen molar-refractivity contribution in [2.45, 2.75) is 46.1 Å². The zero-order chi connectivity index (χ0) is 13.3. The first-order valence-corrected chi connectivity index (χ1v) is 6.21. The molecule has 0 spiro atoms. The smallest absolute Gasteiger partial charge is 0.341 e. The molecule has 1 unspecified atom stereocenters. The van der Waals surface area contributed by atoms with Crippen molar-refractivity contribution < 1.29 is 9.90 Å². The third kappa shape index (κ3) is 2.78.